The third kappa shape index (κ3) is 3.16. The van der Waals surface area contributed by atoms with Gasteiger partial charge in [0.05, 0.1) is 16.6 Å². The molecule has 2 atom stereocenters. The molecule has 0 unspecified atom stereocenters. The molecule has 2 bridgehead atoms. The molecule has 0 radical (unpaired) electrons. The summed E-state index contributed by atoms with van der Waals surface area (Å²) in [5.74, 6) is 0. The Morgan fingerprint density at radius 1 is 1.33 bits per heavy atom. The van der Waals surface area contributed by atoms with Gasteiger partial charge in [0.25, 0.3) is 0 Å². The standard InChI is InChI=1S/C17H14ClF3N4O2/c18-12-5-8(1-3-11(12)17(19,20)21)23-16(27)25-9-2-4-14(25)10-7-22-15(26)24-13(10)6-9/h1,3,5,7,9,14H,2,4,6H2,(H,23,27)(H,22,24,26)/t9-,14+/m1/s1. The van der Waals surface area contributed by atoms with Crippen molar-refractivity contribution in [3.05, 3.63) is 56.7 Å². The number of nitrogens with zero attached hydrogens (tertiary/aromatic N) is 2. The van der Waals surface area contributed by atoms with Crippen LogP contribution in [0.2, 0.25) is 5.02 Å². The molecule has 2 amide bonds. The Morgan fingerprint density at radius 2 is 2.11 bits per heavy atom. The molecular formula is C17H14ClF3N4O2. The summed E-state index contributed by atoms with van der Waals surface area (Å²) in [6.45, 7) is 0. The maximum atomic E-state index is 12.8. The van der Waals surface area contributed by atoms with Crippen LogP contribution in [0.3, 0.4) is 0 Å². The number of hydrogen-bond acceptors (Lipinski definition) is 3. The van der Waals surface area contributed by atoms with Gasteiger partial charge in [-0.3, -0.25) is 0 Å². The van der Waals surface area contributed by atoms with Crippen LogP contribution >= 0.6 is 11.6 Å². The first-order chi connectivity index (χ1) is 12.7. The molecule has 2 aliphatic heterocycles. The molecule has 27 heavy (non-hydrogen) atoms. The predicted octanol–water partition coefficient (Wildman–Crippen LogP) is 3.74. The normalized spacial score (nSPS) is 21.1. The van der Waals surface area contributed by atoms with E-state index in [0.29, 0.717) is 6.42 Å². The van der Waals surface area contributed by atoms with Crippen LogP contribution < -0.4 is 11.0 Å². The van der Waals surface area contributed by atoms with Crippen LogP contribution in [0, 0.1) is 0 Å². The molecule has 2 aliphatic rings. The molecule has 2 N–H and O–H groups in total. The fourth-order valence-corrected chi connectivity index (χ4v) is 4.13. The monoisotopic (exact) mass is 398 g/mol. The van der Waals surface area contributed by atoms with Gasteiger partial charge in [0, 0.05) is 35.6 Å². The molecule has 0 saturated carbocycles. The summed E-state index contributed by atoms with van der Waals surface area (Å²) in [4.78, 5) is 32.3. The number of amides is 2. The molecule has 1 aromatic heterocycles. The summed E-state index contributed by atoms with van der Waals surface area (Å²) >= 11 is 5.71. The van der Waals surface area contributed by atoms with E-state index >= 15 is 0 Å². The van der Waals surface area contributed by atoms with Gasteiger partial charge in [-0.05, 0) is 31.0 Å². The minimum atomic E-state index is -4.56. The lowest BCUT2D eigenvalue weighted by Gasteiger charge is -2.35. The maximum Gasteiger partial charge on any atom is 0.417 e. The van der Waals surface area contributed by atoms with Crippen LogP contribution in [-0.2, 0) is 12.6 Å². The van der Waals surface area contributed by atoms with E-state index in [1.807, 2.05) is 0 Å². The molecule has 0 spiro atoms. The number of aromatic nitrogens is 2. The number of alkyl halides is 3. The van der Waals surface area contributed by atoms with E-state index in [2.05, 4.69) is 15.3 Å². The van der Waals surface area contributed by atoms with Gasteiger partial charge in [0.2, 0.25) is 0 Å². The number of rotatable bonds is 1. The van der Waals surface area contributed by atoms with E-state index in [1.54, 1.807) is 4.90 Å². The lowest BCUT2D eigenvalue weighted by Crippen LogP contribution is -2.45. The number of anilines is 1. The molecule has 142 valence electrons. The smallest absolute Gasteiger partial charge is 0.314 e. The average molecular weight is 399 g/mol. The summed E-state index contributed by atoms with van der Waals surface area (Å²) in [5.41, 5.74) is 0.380. The Kier molecular flexibility index (Phi) is 4.14. The fraction of sp³-hybridized carbons (Fsp3) is 0.353. The van der Waals surface area contributed by atoms with Crippen molar-refractivity contribution in [1.82, 2.24) is 14.9 Å². The second-order valence-electron chi connectivity index (χ2n) is 6.60. The number of aromatic amines is 1. The molecule has 0 aliphatic carbocycles. The Bertz CT molecular complexity index is 975. The second kappa shape index (κ2) is 6.26. The van der Waals surface area contributed by atoms with Crippen molar-refractivity contribution in [2.24, 2.45) is 0 Å². The SMILES string of the molecule is O=C(Nc1ccc(C(F)(F)F)c(Cl)c1)N1[C@@H]2CC[C@H]1c1cnc(=O)[nH]c1C2. The highest BCUT2D eigenvalue weighted by Crippen LogP contribution is 2.43. The maximum absolute atomic E-state index is 12.8. The molecule has 1 aromatic carbocycles. The van der Waals surface area contributed by atoms with Crippen LogP contribution in [-0.4, -0.2) is 26.9 Å². The van der Waals surface area contributed by atoms with E-state index in [1.165, 1.54) is 12.3 Å². The van der Waals surface area contributed by atoms with Crippen LogP contribution in [0.15, 0.2) is 29.2 Å². The van der Waals surface area contributed by atoms with Crippen molar-refractivity contribution in [2.75, 3.05) is 5.32 Å². The highest BCUT2D eigenvalue weighted by atomic mass is 35.5. The molecule has 1 fully saturated rings. The van der Waals surface area contributed by atoms with Crippen molar-refractivity contribution in [2.45, 2.75) is 37.5 Å². The average Bonchev–Trinajstić information content (AvgIpc) is 2.89. The molecule has 4 rings (SSSR count). The van der Waals surface area contributed by atoms with Gasteiger partial charge in [-0.1, -0.05) is 11.6 Å². The minimum absolute atomic E-state index is 0.0922. The summed E-state index contributed by atoms with van der Waals surface area (Å²) in [7, 11) is 0. The number of benzene rings is 1. The van der Waals surface area contributed by atoms with Crippen LogP contribution in [0.4, 0.5) is 23.7 Å². The van der Waals surface area contributed by atoms with E-state index in [4.69, 9.17) is 11.6 Å². The van der Waals surface area contributed by atoms with Crippen molar-refractivity contribution in [3.63, 3.8) is 0 Å². The Hall–Kier alpha value is -2.55. The summed E-state index contributed by atoms with van der Waals surface area (Å²) in [5, 5.41) is 2.14. The summed E-state index contributed by atoms with van der Waals surface area (Å²) in [6.07, 6.45) is -1.07. The first kappa shape index (κ1) is 17.8. The quantitative estimate of drug-likeness (QED) is 0.768. The van der Waals surface area contributed by atoms with Gasteiger partial charge >= 0.3 is 17.9 Å². The molecule has 3 heterocycles. The van der Waals surface area contributed by atoms with Crippen LogP contribution in [0.1, 0.15) is 35.7 Å². The van der Waals surface area contributed by atoms with Gasteiger partial charge in [0.15, 0.2) is 0 Å². The number of halogens is 4. The Labute approximate surface area is 156 Å². The topological polar surface area (TPSA) is 78.1 Å². The molecular weight excluding hydrogens is 385 g/mol. The Balaban J connectivity index is 1.57. The number of carbonyl (C=O) groups excluding carboxylic acids is 1. The number of urea groups is 1. The number of H-pyrrole nitrogens is 1. The summed E-state index contributed by atoms with van der Waals surface area (Å²) < 4.78 is 38.4. The zero-order valence-corrected chi connectivity index (χ0v) is 14.6. The Morgan fingerprint density at radius 3 is 2.81 bits per heavy atom. The zero-order valence-electron chi connectivity index (χ0n) is 13.8. The van der Waals surface area contributed by atoms with Crippen molar-refractivity contribution >= 4 is 23.3 Å². The van der Waals surface area contributed by atoms with Gasteiger partial charge < -0.3 is 15.2 Å². The fourth-order valence-electron chi connectivity index (χ4n) is 3.84. The van der Waals surface area contributed by atoms with Crippen molar-refractivity contribution < 1.29 is 18.0 Å². The zero-order chi connectivity index (χ0) is 19.3. The van der Waals surface area contributed by atoms with Gasteiger partial charge in [-0.15, -0.1) is 0 Å². The first-order valence-corrected chi connectivity index (χ1v) is 8.66. The number of nitrogens with one attached hydrogen (secondary N) is 2. The molecule has 6 nitrogen and oxygen atoms in total. The number of fused-ring (bicyclic) bond motifs is 4. The molecule has 1 saturated heterocycles. The molecule has 10 heteroatoms. The predicted molar refractivity (Wildman–Crippen MR) is 91.6 cm³/mol. The van der Waals surface area contributed by atoms with Gasteiger partial charge in [0.1, 0.15) is 0 Å². The van der Waals surface area contributed by atoms with Crippen LogP contribution in [0.5, 0.6) is 0 Å². The highest BCUT2D eigenvalue weighted by molar-refractivity contribution is 6.31. The largest absolute Gasteiger partial charge is 0.417 e. The lowest BCUT2D eigenvalue weighted by molar-refractivity contribution is -0.137. The van der Waals surface area contributed by atoms with E-state index < -0.39 is 28.5 Å². The van der Waals surface area contributed by atoms with Crippen molar-refractivity contribution in [3.8, 4) is 0 Å². The van der Waals surface area contributed by atoms with Gasteiger partial charge in [-0.25, -0.2) is 14.6 Å². The van der Waals surface area contributed by atoms with Gasteiger partial charge in [-0.2, -0.15) is 13.2 Å². The number of carbonyl (C=O) groups is 1. The third-order valence-corrected chi connectivity index (χ3v) is 5.30. The minimum Gasteiger partial charge on any atom is -0.314 e. The van der Waals surface area contributed by atoms with E-state index in [-0.39, 0.29) is 17.8 Å². The van der Waals surface area contributed by atoms with E-state index in [9.17, 15) is 22.8 Å². The highest BCUT2D eigenvalue weighted by Gasteiger charge is 2.43. The summed E-state index contributed by atoms with van der Waals surface area (Å²) in [6, 6.07) is 2.35. The van der Waals surface area contributed by atoms with E-state index in [0.717, 1.165) is 36.2 Å². The van der Waals surface area contributed by atoms with Crippen molar-refractivity contribution in [1.29, 1.82) is 0 Å². The molecule has 2 aromatic rings. The third-order valence-electron chi connectivity index (χ3n) is 4.99. The van der Waals surface area contributed by atoms with Crippen LogP contribution in [0.25, 0.3) is 0 Å². The lowest BCUT2D eigenvalue weighted by atomic mass is 10.00. The first-order valence-electron chi connectivity index (χ1n) is 8.28. The second-order valence-corrected chi connectivity index (χ2v) is 7.01. The number of hydrogen-bond donors (Lipinski definition) is 2.